The number of thiazole rings is 1. The lowest BCUT2D eigenvalue weighted by Gasteiger charge is -2.32. The monoisotopic (exact) mass is 408 g/mol. The second-order valence-electron chi connectivity index (χ2n) is 6.85. The van der Waals surface area contributed by atoms with Crippen LogP contribution in [-0.2, 0) is 14.8 Å². The summed E-state index contributed by atoms with van der Waals surface area (Å²) in [5, 5.41) is 3.07. The lowest BCUT2D eigenvalue weighted by atomic mass is 10.2. The minimum Gasteiger partial charge on any atom is -0.379 e. The standard InChI is InChI=1S/C18H24N4O3S2/c1-20-6-8-21(9-7-20)18-19-17(14-26-18)15-2-4-16(5-3-15)27(23,24)22-10-12-25-13-11-22/h2-5,14H,6-13H2,1H3. The van der Waals surface area contributed by atoms with Gasteiger partial charge in [-0.3, -0.25) is 0 Å². The summed E-state index contributed by atoms with van der Waals surface area (Å²) < 4.78 is 32.2. The third-order valence-electron chi connectivity index (χ3n) is 5.02. The largest absolute Gasteiger partial charge is 0.379 e. The number of morpholine rings is 1. The zero-order chi connectivity index (χ0) is 18.9. The first kappa shape index (κ1) is 18.8. The highest BCUT2D eigenvalue weighted by molar-refractivity contribution is 7.89. The Morgan fingerprint density at radius 3 is 2.33 bits per heavy atom. The number of anilines is 1. The van der Waals surface area contributed by atoms with E-state index in [4.69, 9.17) is 9.72 Å². The van der Waals surface area contributed by atoms with Gasteiger partial charge in [0.25, 0.3) is 0 Å². The van der Waals surface area contributed by atoms with Crippen LogP contribution in [0.4, 0.5) is 5.13 Å². The van der Waals surface area contributed by atoms with Gasteiger partial charge in [0, 0.05) is 50.2 Å². The van der Waals surface area contributed by atoms with Crippen molar-refractivity contribution >= 4 is 26.5 Å². The SMILES string of the molecule is CN1CCN(c2nc(-c3ccc(S(=O)(=O)N4CCOCC4)cc3)cs2)CC1. The van der Waals surface area contributed by atoms with Crippen LogP contribution in [-0.4, -0.2) is 82.1 Å². The highest BCUT2D eigenvalue weighted by Crippen LogP contribution is 2.29. The fraction of sp³-hybridized carbons (Fsp3) is 0.500. The normalized spacial score (nSPS) is 20.1. The van der Waals surface area contributed by atoms with E-state index in [2.05, 4.69) is 16.8 Å². The van der Waals surface area contributed by atoms with Crippen LogP contribution in [0, 0.1) is 0 Å². The van der Waals surface area contributed by atoms with Crippen LogP contribution in [0.25, 0.3) is 11.3 Å². The molecule has 2 saturated heterocycles. The molecule has 0 bridgehead atoms. The average molecular weight is 409 g/mol. The second-order valence-corrected chi connectivity index (χ2v) is 9.62. The summed E-state index contributed by atoms with van der Waals surface area (Å²) in [4.78, 5) is 9.71. The molecule has 2 aliphatic rings. The molecule has 9 heteroatoms. The molecule has 3 heterocycles. The van der Waals surface area contributed by atoms with Crippen molar-refractivity contribution in [1.29, 1.82) is 0 Å². The van der Waals surface area contributed by atoms with Crippen LogP contribution >= 0.6 is 11.3 Å². The number of sulfonamides is 1. The number of rotatable bonds is 4. The van der Waals surface area contributed by atoms with Crippen molar-refractivity contribution in [2.45, 2.75) is 4.90 Å². The number of nitrogens with zero attached hydrogens (tertiary/aromatic N) is 4. The molecule has 7 nitrogen and oxygen atoms in total. The molecule has 1 aromatic heterocycles. The molecule has 0 amide bonds. The first-order valence-corrected chi connectivity index (χ1v) is 11.4. The van der Waals surface area contributed by atoms with Crippen LogP contribution < -0.4 is 4.90 Å². The number of ether oxygens (including phenoxy) is 1. The summed E-state index contributed by atoms with van der Waals surface area (Å²) in [6.45, 7) is 5.78. The van der Waals surface area contributed by atoms with Gasteiger partial charge < -0.3 is 14.5 Å². The van der Waals surface area contributed by atoms with E-state index in [-0.39, 0.29) is 0 Å². The Labute approximate surface area is 164 Å². The Balaban J connectivity index is 1.49. The van der Waals surface area contributed by atoms with Gasteiger partial charge in [-0.1, -0.05) is 12.1 Å². The molecule has 0 radical (unpaired) electrons. The van der Waals surface area contributed by atoms with E-state index in [1.807, 2.05) is 17.5 Å². The Kier molecular flexibility index (Phi) is 5.47. The molecule has 1 aromatic carbocycles. The highest BCUT2D eigenvalue weighted by atomic mass is 32.2. The zero-order valence-corrected chi connectivity index (χ0v) is 17.0. The molecule has 0 saturated carbocycles. The summed E-state index contributed by atoms with van der Waals surface area (Å²) in [7, 11) is -1.32. The third-order valence-corrected chi connectivity index (χ3v) is 7.84. The molecule has 146 valence electrons. The van der Waals surface area contributed by atoms with E-state index in [9.17, 15) is 8.42 Å². The van der Waals surface area contributed by atoms with Crippen LogP contribution in [0.15, 0.2) is 34.5 Å². The van der Waals surface area contributed by atoms with E-state index >= 15 is 0 Å². The maximum absolute atomic E-state index is 12.7. The number of benzene rings is 1. The number of aromatic nitrogens is 1. The van der Waals surface area contributed by atoms with Gasteiger partial charge in [0.05, 0.1) is 23.8 Å². The summed E-state index contributed by atoms with van der Waals surface area (Å²) in [5.41, 5.74) is 1.83. The lowest BCUT2D eigenvalue weighted by molar-refractivity contribution is 0.0730. The fourth-order valence-electron chi connectivity index (χ4n) is 3.27. The fourth-order valence-corrected chi connectivity index (χ4v) is 5.57. The minimum atomic E-state index is -3.46. The third kappa shape index (κ3) is 4.02. The van der Waals surface area contributed by atoms with Gasteiger partial charge in [0.2, 0.25) is 10.0 Å². The molecule has 2 aliphatic heterocycles. The van der Waals surface area contributed by atoms with Gasteiger partial charge >= 0.3 is 0 Å². The van der Waals surface area contributed by atoms with Crippen LogP contribution in [0.2, 0.25) is 0 Å². The molecule has 27 heavy (non-hydrogen) atoms. The highest BCUT2D eigenvalue weighted by Gasteiger charge is 2.26. The molecule has 0 spiro atoms. The summed E-state index contributed by atoms with van der Waals surface area (Å²) in [6.07, 6.45) is 0. The summed E-state index contributed by atoms with van der Waals surface area (Å²) in [6, 6.07) is 7.04. The topological polar surface area (TPSA) is 66.0 Å². The first-order valence-electron chi connectivity index (χ1n) is 9.11. The molecule has 2 fully saturated rings. The van der Waals surface area contributed by atoms with Crippen molar-refractivity contribution < 1.29 is 13.2 Å². The van der Waals surface area contributed by atoms with Crippen molar-refractivity contribution in [2.24, 2.45) is 0 Å². The van der Waals surface area contributed by atoms with Crippen LogP contribution in [0.1, 0.15) is 0 Å². The predicted octanol–water partition coefficient (Wildman–Crippen LogP) is 1.58. The average Bonchev–Trinajstić information content (AvgIpc) is 3.19. The van der Waals surface area contributed by atoms with Crippen LogP contribution in [0.5, 0.6) is 0 Å². The van der Waals surface area contributed by atoms with E-state index in [0.717, 1.165) is 42.6 Å². The van der Waals surface area contributed by atoms with E-state index in [0.29, 0.717) is 31.2 Å². The molecule has 2 aromatic rings. The van der Waals surface area contributed by atoms with Crippen molar-refractivity contribution in [3.8, 4) is 11.3 Å². The quantitative estimate of drug-likeness (QED) is 0.765. The molecule has 0 N–H and O–H groups in total. The van der Waals surface area contributed by atoms with Crippen molar-refractivity contribution in [2.75, 3.05) is 64.4 Å². The Bertz CT molecular complexity index is 868. The number of piperazine rings is 1. The van der Waals surface area contributed by atoms with E-state index in [1.165, 1.54) is 4.31 Å². The molecule has 0 aliphatic carbocycles. The van der Waals surface area contributed by atoms with E-state index < -0.39 is 10.0 Å². The smallest absolute Gasteiger partial charge is 0.243 e. The minimum absolute atomic E-state index is 0.322. The zero-order valence-electron chi connectivity index (χ0n) is 15.4. The molecule has 4 rings (SSSR count). The number of hydrogen-bond acceptors (Lipinski definition) is 7. The Morgan fingerprint density at radius 2 is 1.67 bits per heavy atom. The maximum Gasteiger partial charge on any atom is 0.243 e. The molecule has 0 atom stereocenters. The van der Waals surface area contributed by atoms with Gasteiger partial charge in [-0.25, -0.2) is 13.4 Å². The number of hydrogen-bond donors (Lipinski definition) is 0. The lowest BCUT2D eigenvalue weighted by Crippen LogP contribution is -2.44. The second kappa shape index (κ2) is 7.84. The van der Waals surface area contributed by atoms with Crippen molar-refractivity contribution in [1.82, 2.24) is 14.2 Å². The number of likely N-dealkylation sites (N-methyl/N-ethyl adjacent to an activating group) is 1. The van der Waals surface area contributed by atoms with E-state index in [1.54, 1.807) is 23.5 Å². The molecular formula is C18H24N4O3S2. The predicted molar refractivity (Wildman–Crippen MR) is 107 cm³/mol. The van der Waals surface area contributed by atoms with Crippen LogP contribution in [0.3, 0.4) is 0 Å². The van der Waals surface area contributed by atoms with Gasteiger partial charge in [-0.15, -0.1) is 11.3 Å². The Morgan fingerprint density at radius 1 is 1.00 bits per heavy atom. The van der Waals surface area contributed by atoms with Gasteiger partial charge in [0.15, 0.2) is 5.13 Å². The first-order chi connectivity index (χ1) is 13.0. The van der Waals surface area contributed by atoms with Crippen molar-refractivity contribution in [3.63, 3.8) is 0 Å². The van der Waals surface area contributed by atoms with Crippen molar-refractivity contribution in [3.05, 3.63) is 29.6 Å². The summed E-state index contributed by atoms with van der Waals surface area (Å²) in [5.74, 6) is 0. The summed E-state index contributed by atoms with van der Waals surface area (Å²) >= 11 is 1.64. The van der Waals surface area contributed by atoms with Gasteiger partial charge in [0.1, 0.15) is 0 Å². The van der Waals surface area contributed by atoms with Gasteiger partial charge in [-0.2, -0.15) is 4.31 Å². The van der Waals surface area contributed by atoms with Gasteiger partial charge in [-0.05, 0) is 19.2 Å². The Hall–Kier alpha value is -1.52. The maximum atomic E-state index is 12.7. The molecular weight excluding hydrogens is 384 g/mol. The molecule has 0 unspecified atom stereocenters.